The number of amides is 1. The molecule has 0 aromatic heterocycles. The lowest BCUT2D eigenvalue weighted by Gasteiger charge is -2.10. The van der Waals surface area contributed by atoms with Crippen molar-refractivity contribution in [1.29, 1.82) is 0 Å². The molecule has 24 heavy (non-hydrogen) atoms. The first kappa shape index (κ1) is 18.4. The van der Waals surface area contributed by atoms with E-state index in [0.29, 0.717) is 17.1 Å². The highest BCUT2D eigenvalue weighted by Gasteiger charge is 2.16. The molecule has 0 fully saturated rings. The monoisotopic (exact) mass is 366 g/mol. The molecule has 0 bridgehead atoms. The maximum Gasteiger partial charge on any atom is 0.241 e. The summed E-state index contributed by atoms with van der Waals surface area (Å²) in [6.07, 6.45) is 0. The van der Waals surface area contributed by atoms with Gasteiger partial charge >= 0.3 is 0 Å². The second kappa shape index (κ2) is 7.79. The van der Waals surface area contributed by atoms with E-state index in [1.165, 1.54) is 18.2 Å². The molecule has 7 heteroatoms. The predicted molar refractivity (Wildman–Crippen MR) is 94.4 cm³/mol. The molecule has 0 atom stereocenters. The quantitative estimate of drug-likeness (QED) is 0.825. The summed E-state index contributed by atoms with van der Waals surface area (Å²) in [5.41, 5.74) is 2.71. The van der Waals surface area contributed by atoms with E-state index >= 15 is 0 Å². The molecule has 0 aliphatic heterocycles. The molecule has 2 rings (SSSR count). The van der Waals surface area contributed by atoms with Crippen LogP contribution in [0.2, 0.25) is 5.02 Å². The average molecular weight is 367 g/mol. The van der Waals surface area contributed by atoms with E-state index in [2.05, 4.69) is 10.0 Å². The zero-order valence-corrected chi connectivity index (χ0v) is 15.0. The van der Waals surface area contributed by atoms with Crippen LogP contribution in [0.25, 0.3) is 0 Å². The lowest BCUT2D eigenvalue weighted by molar-refractivity contribution is -0.120. The first-order valence-corrected chi connectivity index (χ1v) is 9.23. The number of halogens is 1. The maximum absolute atomic E-state index is 12.2. The highest BCUT2D eigenvalue weighted by molar-refractivity contribution is 7.89. The van der Waals surface area contributed by atoms with E-state index in [0.717, 1.165) is 11.1 Å². The van der Waals surface area contributed by atoms with Gasteiger partial charge in [-0.2, -0.15) is 0 Å². The summed E-state index contributed by atoms with van der Waals surface area (Å²) in [6, 6.07) is 12.1. The molecule has 128 valence electrons. The Bertz CT molecular complexity index is 851. The smallest absolute Gasteiger partial charge is 0.241 e. The van der Waals surface area contributed by atoms with Crippen LogP contribution in [0, 0.1) is 13.8 Å². The Kier molecular flexibility index (Phi) is 5.99. The molecule has 1 amide bonds. The molecule has 0 radical (unpaired) electrons. The molecule has 5 nitrogen and oxygen atoms in total. The van der Waals surface area contributed by atoms with Gasteiger partial charge in [0.05, 0.1) is 11.4 Å². The predicted octanol–water partition coefficient (Wildman–Crippen LogP) is 2.55. The van der Waals surface area contributed by atoms with Crippen LogP contribution in [-0.2, 0) is 21.4 Å². The van der Waals surface area contributed by atoms with Gasteiger partial charge in [0, 0.05) is 11.6 Å². The lowest BCUT2D eigenvalue weighted by Crippen LogP contribution is -2.36. The fourth-order valence-corrected chi connectivity index (χ4v) is 3.28. The Hall–Kier alpha value is -1.89. The number of carbonyl (C=O) groups excluding carboxylic acids is 1. The lowest BCUT2D eigenvalue weighted by atomic mass is 10.1. The van der Waals surface area contributed by atoms with Crippen LogP contribution in [0.1, 0.15) is 16.7 Å². The van der Waals surface area contributed by atoms with Gasteiger partial charge in [0.15, 0.2) is 0 Å². The normalized spacial score (nSPS) is 11.3. The average Bonchev–Trinajstić information content (AvgIpc) is 2.54. The summed E-state index contributed by atoms with van der Waals surface area (Å²) in [6.45, 7) is 3.70. The molecule has 0 heterocycles. The van der Waals surface area contributed by atoms with Gasteiger partial charge in [0.2, 0.25) is 15.9 Å². The van der Waals surface area contributed by atoms with E-state index in [1.807, 2.05) is 31.2 Å². The van der Waals surface area contributed by atoms with Gasteiger partial charge < -0.3 is 5.32 Å². The van der Waals surface area contributed by atoms with E-state index < -0.39 is 15.9 Å². The molecular weight excluding hydrogens is 348 g/mol. The van der Waals surface area contributed by atoms with Crippen LogP contribution in [0.15, 0.2) is 47.4 Å². The van der Waals surface area contributed by atoms with Gasteiger partial charge in [0.25, 0.3) is 0 Å². The van der Waals surface area contributed by atoms with Gasteiger partial charge in [-0.15, -0.1) is 0 Å². The van der Waals surface area contributed by atoms with Crippen molar-refractivity contribution in [2.75, 3.05) is 6.54 Å². The SMILES string of the molecule is Cc1cc(S(=O)(=O)NCC(=O)NCc2ccccc2C)ccc1Cl. The van der Waals surface area contributed by atoms with Crippen molar-refractivity contribution in [2.45, 2.75) is 25.3 Å². The van der Waals surface area contributed by atoms with E-state index in [-0.39, 0.29) is 11.4 Å². The third-order valence-electron chi connectivity index (χ3n) is 3.60. The van der Waals surface area contributed by atoms with E-state index in [9.17, 15) is 13.2 Å². The van der Waals surface area contributed by atoms with Crippen LogP contribution < -0.4 is 10.0 Å². The molecule has 2 aromatic rings. The van der Waals surface area contributed by atoms with Crippen LogP contribution in [-0.4, -0.2) is 20.9 Å². The Balaban J connectivity index is 1.93. The van der Waals surface area contributed by atoms with Gasteiger partial charge in [-0.25, -0.2) is 13.1 Å². The number of sulfonamides is 1. The second-order valence-corrected chi connectivity index (χ2v) is 7.61. The van der Waals surface area contributed by atoms with Gasteiger partial charge in [-0.3, -0.25) is 4.79 Å². The van der Waals surface area contributed by atoms with Crippen molar-refractivity contribution in [2.24, 2.45) is 0 Å². The van der Waals surface area contributed by atoms with Gasteiger partial charge in [0.1, 0.15) is 0 Å². The summed E-state index contributed by atoms with van der Waals surface area (Å²) >= 11 is 5.89. The molecule has 0 spiro atoms. The number of nitrogens with one attached hydrogen (secondary N) is 2. The molecule has 0 aliphatic carbocycles. The third-order valence-corrected chi connectivity index (χ3v) is 5.42. The Labute approximate surface area is 147 Å². The van der Waals surface area contributed by atoms with Crippen LogP contribution >= 0.6 is 11.6 Å². The number of carbonyl (C=O) groups is 1. The first-order valence-electron chi connectivity index (χ1n) is 7.36. The van der Waals surface area contributed by atoms with Crippen molar-refractivity contribution in [1.82, 2.24) is 10.0 Å². The number of aryl methyl sites for hydroxylation is 2. The number of hydrogen-bond donors (Lipinski definition) is 2. The molecule has 0 saturated carbocycles. The van der Waals surface area contributed by atoms with Crippen molar-refractivity contribution in [3.63, 3.8) is 0 Å². The molecular formula is C17H19ClN2O3S. The summed E-state index contributed by atoms with van der Waals surface area (Å²) < 4.78 is 26.7. The largest absolute Gasteiger partial charge is 0.351 e. The Morgan fingerprint density at radius 1 is 1.08 bits per heavy atom. The van der Waals surface area contributed by atoms with Gasteiger partial charge in [-0.1, -0.05) is 35.9 Å². The van der Waals surface area contributed by atoms with Crippen LogP contribution in [0.4, 0.5) is 0 Å². The number of hydrogen-bond acceptors (Lipinski definition) is 3. The Morgan fingerprint density at radius 3 is 2.46 bits per heavy atom. The zero-order chi connectivity index (χ0) is 17.7. The summed E-state index contributed by atoms with van der Waals surface area (Å²) in [7, 11) is -3.76. The molecule has 2 N–H and O–H groups in total. The summed E-state index contributed by atoms with van der Waals surface area (Å²) in [5, 5.41) is 3.19. The second-order valence-electron chi connectivity index (χ2n) is 5.44. The number of rotatable bonds is 6. The maximum atomic E-state index is 12.2. The van der Waals surface area contributed by atoms with Crippen LogP contribution in [0.5, 0.6) is 0 Å². The molecule has 0 aliphatic rings. The van der Waals surface area contributed by atoms with Gasteiger partial charge in [-0.05, 0) is 48.7 Å². The fraction of sp³-hybridized carbons (Fsp3) is 0.235. The third kappa shape index (κ3) is 4.80. The highest BCUT2D eigenvalue weighted by Crippen LogP contribution is 2.19. The Morgan fingerprint density at radius 2 is 1.79 bits per heavy atom. The van der Waals surface area contributed by atoms with Crippen LogP contribution in [0.3, 0.4) is 0 Å². The molecule has 0 saturated heterocycles. The highest BCUT2D eigenvalue weighted by atomic mass is 35.5. The van der Waals surface area contributed by atoms with Crippen molar-refractivity contribution in [3.05, 3.63) is 64.2 Å². The van der Waals surface area contributed by atoms with Crippen molar-refractivity contribution < 1.29 is 13.2 Å². The topological polar surface area (TPSA) is 75.3 Å². The van der Waals surface area contributed by atoms with Crippen molar-refractivity contribution >= 4 is 27.5 Å². The fourth-order valence-electron chi connectivity index (χ4n) is 2.09. The van der Waals surface area contributed by atoms with E-state index in [4.69, 9.17) is 11.6 Å². The minimum atomic E-state index is -3.76. The zero-order valence-electron chi connectivity index (χ0n) is 13.5. The molecule has 2 aromatic carbocycles. The minimum absolute atomic E-state index is 0.0797. The first-order chi connectivity index (χ1) is 11.3. The van der Waals surface area contributed by atoms with Crippen molar-refractivity contribution in [3.8, 4) is 0 Å². The number of benzene rings is 2. The minimum Gasteiger partial charge on any atom is -0.351 e. The summed E-state index contributed by atoms with van der Waals surface area (Å²) in [5.74, 6) is -0.396. The molecule has 0 unspecified atom stereocenters. The van der Waals surface area contributed by atoms with E-state index in [1.54, 1.807) is 6.92 Å². The standard InChI is InChI=1S/C17H19ClN2O3S/c1-12-5-3-4-6-14(12)10-19-17(21)11-20-24(22,23)15-7-8-16(18)13(2)9-15/h3-9,20H,10-11H2,1-2H3,(H,19,21). The summed E-state index contributed by atoms with van der Waals surface area (Å²) in [4.78, 5) is 11.9.